The molecule has 1 aliphatic heterocycles. The minimum absolute atomic E-state index is 0.167. The van der Waals surface area contributed by atoms with Gasteiger partial charge in [0.1, 0.15) is 4.90 Å². The molecule has 0 atom stereocenters. The van der Waals surface area contributed by atoms with Crippen LogP contribution in [0.5, 0.6) is 0 Å². The molecule has 5 nitrogen and oxygen atoms in total. The Bertz CT molecular complexity index is 1150. The van der Waals surface area contributed by atoms with Gasteiger partial charge in [-0.05, 0) is 30.3 Å². The fourth-order valence-electron chi connectivity index (χ4n) is 3.34. The molecule has 25 heavy (non-hydrogen) atoms. The lowest BCUT2D eigenvalue weighted by Crippen LogP contribution is -2.36. The molecule has 0 saturated carbocycles. The van der Waals surface area contributed by atoms with Crippen molar-refractivity contribution in [3.8, 4) is 0 Å². The first kappa shape index (κ1) is 16.2. The molecule has 1 aromatic heterocycles. The van der Waals surface area contributed by atoms with Crippen LogP contribution in [0.4, 0.5) is 0 Å². The average molecular weight is 375 g/mol. The number of aromatic nitrogens is 1. The number of likely N-dealkylation sites (N-methyl/N-ethyl adjacent to an activating group) is 1. The van der Waals surface area contributed by atoms with Crippen molar-refractivity contribution < 1.29 is 8.42 Å². The first-order chi connectivity index (χ1) is 11.9. The third kappa shape index (κ3) is 2.36. The number of sulfone groups is 1. The van der Waals surface area contributed by atoms with Gasteiger partial charge in [0.25, 0.3) is 5.56 Å². The lowest BCUT2D eigenvalue weighted by molar-refractivity contribution is 0.594. The lowest BCUT2D eigenvalue weighted by Gasteiger charge is -2.19. The van der Waals surface area contributed by atoms with Gasteiger partial charge in [0.2, 0.25) is 9.84 Å². The van der Waals surface area contributed by atoms with Crippen molar-refractivity contribution in [3.05, 3.63) is 69.6 Å². The van der Waals surface area contributed by atoms with Crippen LogP contribution in [0.25, 0.3) is 10.8 Å². The summed E-state index contributed by atoms with van der Waals surface area (Å²) in [4.78, 5) is 13.2. The van der Waals surface area contributed by atoms with Gasteiger partial charge in [-0.25, -0.2) is 13.1 Å². The summed E-state index contributed by atoms with van der Waals surface area (Å²) in [6.45, 7) is 0.580. The van der Waals surface area contributed by atoms with Crippen molar-refractivity contribution in [1.82, 2.24) is 4.68 Å². The molecule has 3 aromatic rings. The first-order valence-corrected chi connectivity index (χ1v) is 9.66. The van der Waals surface area contributed by atoms with E-state index in [1.54, 1.807) is 60.6 Å². The second-order valence-corrected chi connectivity index (χ2v) is 8.35. The highest BCUT2D eigenvalue weighted by molar-refractivity contribution is 7.91. The molecule has 128 valence electrons. The number of fused-ring (bicyclic) bond motifs is 2. The van der Waals surface area contributed by atoms with Crippen LogP contribution in [0.2, 0.25) is 5.02 Å². The fourth-order valence-corrected chi connectivity index (χ4v) is 5.23. The number of pyridine rings is 1. The molecule has 0 radical (unpaired) electrons. The van der Waals surface area contributed by atoms with Gasteiger partial charge in [0, 0.05) is 30.4 Å². The normalized spacial score (nSPS) is 14.1. The molecule has 7 heteroatoms. The Hall–Kier alpha value is -2.31. The van der Waals surface area contributed by atoms with Crippen LogP contribution in [-0.2, 0) is 16.3 Å². The molecular weight excluding hydrogens is 360 g/mol. The second-order valence-electron chi connectivity index (χ2n) is 6.03. The minimum Gasteiger partial charge on any atom is -0.312 e. The molecule has 0 fully saturated rings. The van der Waals surface area contributed by atoms with E-state index in [0.717, 1.165) is 0 Å². The molecule has 0 aliphatic carbocycles. The second kappa shape index (κ2) is 5.61. The van der Waals surface area contributed by atoms with Crippen molar-refractivity contribution in [2.24, 2.45) is 0 Å². The summed E-state index contributed by atoms with van der Waals surface area (Å²) in [7, 11) is -2.02. The molecular formula is C18H15ClN2O3S. The SMILES string of the molecule is CN1CCc2c(S(=O)(=O)c3ccccc3)c3cc(Cl)ccc3c(=O)n21. The predicted octanol–water partition coefficient (Wildman–Crippen LogP) is 2.61. The van der Waals surface area contributed by atoms with Gasteiger partial charge in [-0.1, -0.05) is 29.8 Å². The van der Waals surface area contributed by atoms with E-state index in [9.17, 15) is 13.2 Å². The van der Waals surface area contributed by atoms with Crippen molar-refractivity contribution >= 4 is 32.2 Å². The minimum atomic E-state index is -3.79. The van der Waals surface area contributed by atoms with E-state index in [4.69, 9.17) is 11.6 Å². The summed E-state index contributed by atoms with van der Waals surface area (Å²) in [6.07, 6.45) is 0.482. The molecule has 2 aromatic carbocycles. The third-order valence-electron chi connectivity index (χ3n) is 4.50. The molecule has 0 unspecified atom stereocenters. The molecule has 0 amide bonds. The Kier molecular flexibility index (Phi) is 3.63. The maximum Gasteiger partial charge on any atom is 0.277 e. The molecule has 2 heterocycles. The monoisotopic (exact) mass is 374 g/mol. The van der Waals surface area contributed by atoms with Crippen LogP contribution in [0.1, 0.15) is 5.69 Å². The van der Waals surface area contributed by atoms with Crippen LogP contribution in [0.3, 0.4) is 0 Å². The van der Waals surface area contributed by atoms with Crippen LogP contribution in [-0.4, -0.2) is 26.7 Å². The molecule has 0 saturated heterocycles. The Morgan fingerprint density at radius 2 is 1.76 bits per heavy atom. The number of rotatable bonds is 2. The zero-order chi connectivity index (χ0) is 17.8. The number of hydrogen-bond acceptors (Lipinski definition) is 4. The highest BCUT2D eigenvalue weighted by Crippen LogP contribution is 2.33. The van der Waals surface area contributed by atoms with Gasteiger partial charge in [0.05, 0.1) is 16.0 Å². The van der Waals surface area contributed by atoms with Gasteiger partial charge >= 0.3 is 0 Å². The number of benzene rings is 2. The maximum absolute atomic E-state index is 13.4. The Balaban J connectivity index is 2.19. The quantitative estimate of drug-likeness (QED) is 0.691. The number of nitrogens with zero attached hydrogens (tertiary/aromatic N) is 2. The number of halogens is 1. The third-order valence-corrected chi connectivity index (χ3v) is 6.62. The smallest absolute Gasteiger partial charge is 0.277 e. The molecule has 0 spiro atoms. The maximum atomic E-state index is 13.4. The highest BCUT2D eigenvalue weighted by Gasteiger charge is 2.31. The summed E-state index contributed by atoms with van der Waals surface area (Å²) in [5.74, 6) is 0. The van der Waals surface area contributed by atoms with E-state index in [1.807, 2.05) is 0 Å². The lowest BCUT2D eigenvalue weighted by atomic mass is 10.1. The van der Waals surface area contributed by atoms with Crippen LogP contribution < -0.4 is 10.6 Å². The van der Waals surface area contributed by atoms with E-state index in [-0.39, 0.29) is 15.4 Å². The molecule has 4 rings (SSSR count). The van der Waals surface area contributed by atoms with Crippen molar-refractivity contribution in [1.29, 1.82) is 0 Å². The fraction of sp³-hybridized carbons (Fsp3) is 0.167. The molecule has 0 bridgehead atoms. The van der Waals surface area contributed by atoms with Crippen molar-refractivity contribution in [2.45, 2.75) is 16.2 Å². The van der Waals surface area contributed by atoms with Crippen molar-refractivity contribution in [2.75, 3.05) is 18.6 Å². The van der Waals surface area contributed by atoms with Gasteiger partial charge in [-0.3, -0.25) is 4.79 Å². The summed E-state index contributed by atoms with van der Waals surface area (Å²) >= 11 is 6.10. The first-order valence-electron chi connectivity index (χ1n) is 7.80. The zero-order valence-corrected chi connectivity index (χ0v) is 15.0. The zero-order valence-electron chi connectivity index (χ0n) is 13.4. The summed E-state index contributed by atoms with van der Waals surface area (Å²) < 4.78 is 28.2. The van der Waals surface area contributed by atoms with Crippen LogP contribution in [0, 0.1) is 0 Å². The standard InChI is InChI=1S/C18H15ClN2O3S/c1-20-10-9-16-17(25(23,24)13-5-3-2-4-6-13)15-11-12(19)7-8-14(15)18(22)21(16)20/h2-8,11H,9-10H2,1H3. The Labute approximate surface area is 150 Å². The van der Waals surface area contributed by atoms with Gasteiger partial charge < -0.3 is 5.01 Å². The number of hydrogen-bond donors (Lipinski definition) is 0. The highest BCUT2D eigenvalue weighted by atomic mass is 35.5. The van der Waals surface area contributed by atoms with E-state index >= 15 is 0 Å². The van der Waals surface area contributed by atoms with E-state index in [0.29, 0.717) is 34.5 Å². The Morgan fingerprint density at radius 1 is 1.04 bits per heavy atom. The van der Waals surface area contributed by atoms with Gasteiger partial charge in [0.15, 0.2) is 0 Å². The van der Waals surface area contributed by atoms with E-state index in [1.165, 1.54) is 4.68 Å². The van der Waals surface area contributed by atoms with Crippen molar-refractivity contribution in [3.63, 3.8) is 0 Å². The van der Waals surface area contributed by atoms with Gasteiger partial charge in [-0.2, -0.15) is 0 Å². The summed E-state index contributed by atoms with van der Waals surface area (Å²) in [5, 5.41) is 2.86. The van der Waals surface area contributed by atoms with Crippen LogP contribution in [0.15, 0.2) is 63.1 Å². The summed E-state index contributed by atoms with van der Waals surface area (Å²) in [6, 6.07) is 13.0. The topological polar surface area (TPSA) is 59.4 Å². The molecule has 0 N–H and O–H groups in total. The molecule has 1 aliphatic rings. The Morgan fingerprint density at radius 3 is 2.48 bits per heavy atom. The van der Waals surface area contributed by atoms with E-state index < -0.39 is 9.84 Å². The van der Waals surface area contributed by atoms with Crippen LogP contribution >= 0.6 is 11.6 Å². The van der Waals surface area contributed by atoms with E-state index in [2.05, 4.69) is 0 Å². The van der Waals surface area contributed by atoms with Gasteiger partial charge in [-0.15, -0.1) is 0 Å². The summed E-state index contributed by atoms with van der Waals surface area (Å²) in [5.41, 5.74) is 0.278. The average Bonchev–Trinajstić information content (AvgIpc) is 2.97. The largest absolute Gasteiger partial charge is 0.312 e. The predicted molar refractivity (Wildman–Crippen MR) is 97.8 cm³/mol.